The number of nitrogens with zero attached hydrogens (tertiary/aromatic N) is 3. The van der Waals surface area contributed by atoms with Crippen molar-refractivity contribution >= 4 is 62.7 Å². The summed E-state index contributed by atoms with van der Waals surface area (Å²) in [6, 6.07) is 4.66. The van der Waals surface area contributed by atoms with E-state index in [4.69, 9.17) is 34.8 Å². The van der Waals surface area contributed by atoms with Crippen molar-refractivity contribution in [3.05, 3.63) is 50.2 Å². The highest BCUT2D eigenvalue weighted by atomic mass is 35.5. The molecule has 0 spiro atoms. The summed E-state index contributed by atoms with van der Waals surface area (Å²) in [5.74, 6) is 0.260. The minimum atomic E-state index is -4.10. The molecule has 2 heterocycles. The molecule has 126 valence electrons. The third kappa shape index (κ3) is 2.76. The molecule has 0 aliphatic carbocycles. The highest BCUT2D eigenvalue weighted by Crippen LogP contribution is 2.38. The van der Waals surface area contributed by atoms with Gasteiger partial charge in [-0.2, -0.15) is 22.9 Å². The maximum Gasteiger partial charge on any atom is 0.340 e. The summed E-state index contributed by atoms with van der Waals surface area (Å²) >= 11 is 18.3. The number of rotatable bonds is 3. The average Bonchev–Trinajstić information content (AvgIpc) is 2.75. The Balaban J connectivity index is 2.07. The van der Waals surface area contributed by atoms with Crippen LogP contribution in [0.4, 0.5) is 5.69 Å². The van der Waals surface area contributed by atoms with Gasteiger partial charge in [-0.1, -0.05) is 29.3 Å². The molecule has 1 N–H and O–H groups in total. The van der Waals surface area contributed by atoms with E-state index in [9.17, 15) is 8.42 Å². The van der Waals surface area contributed by atoms with Crippen LogP contribution in [0.15, 0.2) is 50.1 Å². The van der Waals surface area contributed by atoms with Crippen molar-refractivity contribution in [1.82, 2.24) is 0 Å². The van der Waals surface area contributed by atoms with Gasteiger partial charge in [0.15, 0.2) is 0 Å². The molecular weight excluding hydrogens is 395 g/mol. The van der Waals surface area contributed by atoms with Crippen molar-refractivity contribution in [2.24, 2.45) is 9.98 Å². The zero-order valence-electron chi connectivity index (χ0n) is 12.6. The Hall–Kier alpha value is -1.38. The van der Waals surface area contributed by atoms with Crippen LogP contribution in [0.2, 0.25) is 10.0 Å². The van der Waals surface area contributed by atoms with Crippen molar-refractivity contribution < 1.29 is 12.9 Å². The predicted octanol–water partition coefficient (Wildman–Crippen LogP) is 3.90. The van der Waals surface area contributed by atoms with E-state index >= 15 is 0 Å². The lowest BCUT2D eigenvalue weighted by atomic mass is 10.3. The van der Waals surface area contributed by atoms with E-state index in [1.54, 1.807) is 25.5 Å². The fourth-order valence-electron chi connectivity index (χ4n) is 2.34. The normalized spacial score (nSPS) is 23.0. The standard InChI is InChI=1S/C14H12Cl3N4O2S/c1-8-6-18-14-19-13(12(17)21(14,2)7-8)24(22,23)20-11-9(15)4-3-5-10(11)16/h3-7,20H,1-2H3/q+1. The van der Waals surface area contributed by atoms with E-state index in [1.165, 1.54) is 12.1 Å². The van der Waals surface area contributed by atoms with Gasteiger partial charge < -0.3 is 0 Å². The third-order valence-electron chi connectivity index (χ3n) is 3.50. The number of allylic oxidation sites excluding steroid dienone is 1. The van der Waals surface area contributed by atoms with Gasteiger partial charge in [0.2, 0.25) is 0 Å². The van der Waals surface area contributed by atoms with Gasteiger partial charge in [0.05, 0.1) is 22.8 Å². The van der Waals surface area contributed by atoms with Crippen molar-refractivity contribution in [1.29, 1.82) is 0 Å². The summed E-state index contributed by atoms with van der Waals surface area (Å²) in [5, 5.41) is 0.0262. The van der Waals surface area contributed by atoms with Crippen molar-refractivity contribution in [2.45, 2.75) is 6.92 Å². The van der Waals surface area contributed by atoms with Crippen LogP contribution in [-0.2, 0) is 10.0 Å². The molecule has 1 unspecified atom stereocenters. The van der Waals surface area contributed by atoms with Gasteiger partial charge in [0.1, 0.15) is 6.20 Å². The van der Waals surface area contributed by atoms with Gasteiger partial charge >= 0.3 is 5.96 Å². The summed E-state index contributed by atoms with van der Waals surface area (Å²) in [4.78, 5) is 8.24. The molecule has 6 nitrogen and oxygen atoms in total. The summed E-state index contributed by atoms with van der Waals surface area (Å²) in [7, 11) is -2.40. The maximum atomic E-state index is 12.7. The molecule has 10 heteroatoms. The molecule has 1 atom stereocenters. The van der Waals surface area contributed by atoms with Crippen LogP contribution in [0.5, 0.6) is 0 Å². The lowest BCUT2D eigenvalue weighted by molar-refractivity contribution is -0.713. The number of hydrogen-bond donors (Lipinski definition) is 1. The first-order chi connectivity index (χ1) is 11.1. The zero-order chi connectivity index (χ0) is 17.7. The van der Waals surface area contributed by atoms with Crippen molar-refractivity contribution in [3.8, 4) is 0 Å². The van der Waals surface area contributed by atoms with Crippen LogP contribution >= 0.6 is 34.8 Å². The maximum absolute atomic E-state index is 12.7. The summed E-state index contributed by atoms with van der Waals surface area (Å²) in [6.45, 7) is 1.84. The first-order valence-electron chi connectivity index (χ1n) is 6.71. The van der Waals surface area contributed by atoms with Gasteiger partial charge in [-0.15, -0.1) is 0 Å². The summed E-state index contributed by atoms with van der Waals surface area (Å²) in [6.07, 6.45) is 3.36. The number of benzene rings is 1. The Morgan fingerprint density at radius 2 is 1.79 bits per heavy atom. The number of guanidine groups is 1. The molecule has 0 fully saturated rings. The Morgan fingerprint density at radius 1 is 1.17 bits per heavy atom. The molecule has 0 saturated carbocycles. The molecule has 0 aromatic heterocycles. The lowest BCUT2D eigenvalue weighted by Crippen LogP contribution is -2.40. The molecule has 3 rings (SSSR count). The number of aliphatic imine (C=N–C) groups is 2. The second-order valence-electron chi connectivity index (χ2n) is 5.42. The van der Waals surface area contributed by atoms with E-state index < -0.39 is 10.0 Å². The number of anilines is 1. The van der Waals surface area contributed by atoms with E-state index in [0.717, 1.165) is 5.57 Å². The largest absolute Gasteiger partial charge is 0.340 e. The number of hydrogen-bond acceptors (Lipinski definition) is 4. The van der Waals surface area contributed by atoms with E-state index in [2.05, 4.69) is 14.7 Å². The lowest BCUT2D eigenvalue weighted by Gasteiger charge is -2.24. The number of halogens is 3. The Labute approximate surface area is 154 Å². The minimum Gasteiger partial charge on any atom is -0.275 e. The minimum absolute atomic E-state index is 0.0110. The number of sulfonamides is 1. The molecule has 0 amide bonds. The molecule has 1 aromatic rings. The van der Waals surface area contributed by atoms with E-state index in [0.29, 0.717) is 0 Å². The molecule has 1 aromatic carbocycles. The first-order valence-corrected chi connectivity index (χ1v) is 9.33. The third-order valence-corrected chi connectivity index (χ3v) is 6.04. The van der Waals surface area contributed by atoms with E-state index in [1.807, 2.05) is 6.92 Å². The second kappa shape index (κ2) is 5.86. The number of nitrogens with one attached hydrogen (secondary N) is 1. The summed E-state index contributed by atoms with van der Waals surface area (Å²) in [5.41, 5.74) is 0.913. The fraction of sp³-hybridized carbons (Fsp3) is 0.143. The molecule has 0 bridgehead atoms. The van der Waals surface area contributed by atoms with E-state index in [-0.39, 0.29) is 36.4 Å². The van der Waals surface area contributed by atoms with Gasteiger partial charge in [-0.25, -0.2) is 0 Å². The predicted molar refractivity (Wildman–Crippen MR) is 97.8 cm³/mol. The van der Waals surface area contributed by atoms with Crippen molar-refractivity contribution in [2.75, 3.05) is 11.8 Å². The molecule has 24 heavy (non-hydrogen) atoms. The number of fused-ring (bicyclic) bond motifs is 1. The Bertz CT molecular complexity index is 946. The molecule has 0 saturated heterocycles. The van der Waals surface area contributed by atoms with Gasteiger partial charge in [0.25, 0.3) is 20.2 Å². The van der Waals surface area contributed by atoms with Crippen molar-refractivity contribution in [3.63, 3.8) is 0 Å². The van der Waals surface area contributed by atoms with Crippen LogP contribution in [0.3, 0.4) is 0 Å². The molecular formula is C14H12Cl3N4O2S+. The topological polar surface area (TPSA) is 70.9 Å². The van der Waals surface area contributed by atoms with Crippen LogP contribution in [0.25, 0.3) is 0 Å². The Kier molecular flexibility index (Phi) is 4.26. The van der Waals surface area contributed by atoms with Crippen LogP contribution in [0.1, 0.15) is 6.92 Å². The molecule has 2 aliphatic rings. The highest BCUT2D eigenvalue weighted by Gasteiger charge is 2.46. The zero-order valence-corrected chi connectivity index (χ0v) is 15.7. The van der Waals surface area contributed by atoms with Gasteiger partial charge in [0, 0.05) is 11.8 Å². The molecule has 2 aliphatic heterocycles. The molecule has 0 radical (unpaired) electrons. The van der Waals surface area contributed by atoms with Crippen LogP contribution in [-0.4, -0.2) is 32.1 Å². The van der Waals surface area contributed by atoms with Crippen LogP contribution < -0.4 is 4.72 Å². The number of quaternary nitrogens is 1. The monoisotopic (exact) mass is 405 g/mol. The smallest absolute Gasteiger partial charge is 0.275 e. The van der Waals surface area contributed by atoms with Gasteiger partial charge in [-0.05, 0) is 30.7 Å². The quantitative estimate of drug-likeness (QED) is 0.611. The van der Waals surface area contributed by atoms with Crippen LogP contribution in [0, 0.1) is 0 Å². The highest BCUT2D eigenvalue weighted by molar-refractivity contribution is 7.96. The second-order valence-corrected chi connectivity index (χ2v) is 8.19. The average molecular weight is 407 g/mol. The SMILES string of the molecule is CC1=C[N+]2(C)C(=NC(S(=O)(=O)Nc3c(Cl)cccc3Cl)=C2Cl)N=C1. The number of para-hydroxylation sites is 1. The fourth-order valence-corrected chi connectivity index (χ4v) is 4.61. The Morgan fingerprint density at radius 3 is 2.42 bits per heavy atom. The van der Waals surface area contributed by atoms with Gasteiger partial charge in [-0.3, -0.25) is 4.72 Å². The summed E-state index contributed by atoms with van der Waals surface area (Å²) < 4.78 is 27.7. The first kappa shape index (κ1) is 17.4.